The molecule has 0 aliphatic carbocycles. The fourth-order valence-corrected chi connectivity index (χ4v) is 5.15. The highest BCUT2D eigenvalue weighted by Crippen LogP contribution is 2.33. The quantitative estimate of drug-likeness (QED) is 0.408. The van der Waals surface area contributed by atoms with Gasteiger partial charge in [-0.1, -0.05) is 26.8 Å². The van der Waals surface area contributed by atoms with Gasteiger partial charge in [0.1, 0.15) is 17.1 Å². The van der Waals surface area contributed by atoms with E-state index in [1.165, 1.54) is 25.3 Å². The highest BCUT2D eigenvalue weighted by molar-refractivity contribution is 7.92. The van der Waals surface area contributed by atoms with Gasteiger partial charge in [0.15, 0.2) is 0 Å². The molecule has 0 aliphatic heterocycles. The van der Waals surface area contributed by atoms with E-state index in [-0.39, 0.29) is 21.9 Å². The molecular formula is C24H33FN2O5S. The molecule has 0 heterocycles. The van der Waals surface area contributed by atoms with Crippen LogP contribution in [-0.2, 0) is 22.9 Å². The van der Waals surface area contributed by atoms with Crippen molar-refractivity contribution in [1.29, 1.82) is 0 Å². The molecule has 2 N–H and O–H groups in total. The van der Waals surface area contributed by atoms with E-state index in [4.69, 9.17) is 4.74 Å². The highest BCUT2D eigenvalue weighted by atomic mass is 32.2. The lowest BCUT2D eigenvalue weighted by Gasteiger charge is -2.18. The average molecular weight is 481 g/mol. The maximum Gasteiger partial charge on any atom is 0.341 e. The molecule has 182 valence electrons. The van der Waals surface area contributed by atoms with Crippen molar-refractivity contribution in [3.8, 4) is 5.75 Å². The minimum absolute atomic E-state index is 0.0680. The summed E-state index contributed by atoms with van der Waals surface area (Å²) in [7, 11) is -2.83. The molecular weight excluding hydrogens is 447 g/mol. The highest BCUT2D eigenvalue weighted by Gasteiger charge is 2.25. The van der Waals surface area contributed by atoms with E-state index in [9.17, 15) is 22.7 Å². The third-order valence-electron chi connectivity index (χ3n) is 5.66. The third kappa shape index (κ3) is 6.68. The number of ether oxygens (including phenoxy) is 1. The number of benzene rings is 2. The van der Waals surface area contributed by atoms with Gasteiger partial charge in [0.05, 0.1) is 17.7 Å². The Morgan fingerprint density at radius 1 is 1.09 bits per heavy atom. The van der Waals surface area contributed by atoms with Crippen LogP contribution >= 0.6 is 0 Å². The largest absolute Gasteiger partial charge is 0.495 e. The molecule has 0 fully saturated rings. The van der Waals surface area contributed by atoms with Crippen molar-refractivity contribution in [3.63, 3.8) is 0 Å². The molecule has 9 heteroatoms. The van der Waals surface area contributed by atoms with E-state index in [0.717, 1.165) is 32.1 Å². The standard InChI is InChI=1S/C24H33FN2O5S/c1-5-17-11-13-20(22(24(28)29)23(17)32-4)26-33(30,31)21-14-12-19(25)16-18(21)10-8-9-15-27(6-2)7-3/h11-14,16,26H,5-10,15H2,1-4H3,(H,28,29). The van der Waals surface area contributed by atoms with Crippen LogP contribution in [0.15, 0.2) is 35.2 Å². The molecule has 2 aromatic rings. The maximum atomic E-state index is 13.9. The second-order valence-electron chi connectivity index (χ2n) is 7.68. The molecule has 0 amide bonds. The molecule has 0 saturated carbocycles. The number of anilines is 1. The van der Waals surface area contributed by atoms with Crippen LogP contribution in [0.5, 0.6) is 5.75 Å². The monoisotopic (exact) mass is 480 g/mol. The molecule has 0 aliphatic rings. The second-order valence-corrected chi connectivity index (χ2v) is 9.33. The summed E-state index contributed by atoms with van der Waals surface area (Å²) >= 11 is 0. The fraction of sp³-hybridized carbons (Fsp3) is 0.458. The van der Waals surface area contributed by atoms with Crippen molar-refractivity contribution in [1.82, 2.24) is 4.90 Å². The van der Waals surface area contributed by atoms with Gasteiger partial charge in [-0.2, -0.15) is 0 Å². The lowest BCUT2D eigenvalue weighted by molar-refractivity contribution is 0.0694. The molecule has 0 spiro atoms. The summed E-state index contributed by atoms with van der Waals surface area (Å²) in [4.78, 5) is 14.1. The first kappa shape index (κ1) is 26.6. The van der Waals surface area contributed by atoms with Crippen molar-refractivity contribution < 1.29 is 27.4 Å². The van der Waals surface area contributed by atoms with Gasteiger partial charge in [0.2, 0.25) is 0 Å². The first-order valence-corrected chi connectivity index (χ1v) is 12.6. The summed E-state index contributed by atoms with van der Waals surface area (Å²) in [6.07, 6.45) is 2.46. The van der Waals surface area contributed by atoms with E-state index in [1.807, 2.05) is 6.92 Å². The zero-order valence-electron chi connectivity index (χ0n) is 19.7. The third-order valence-corrected chi connectivity index (χ3v) is 7.13. The van der Waals surface area contributed by atoms with Crippen LogP contribution in [0, 0.1) is 5.82 Å². The Morgan fingerprint density at radius 2 is 1.79 bits per heavy atom. The molecule has 2 aromatic carbocycles. The number of aromatic carboxylic acids is 1. The maximum absolute atomic E-state index is 13.9. The lowest BCUT2D eigenvalue weighted by Crippen LogP contribution is -2.24. The zero-order valence-corrected chi connectivity index (χ0v) is 20.5. The first-order chi connectivity index (χ1) is 15.7. The topological polar surface area (TPSA) is 95.9 Å². The summed E-state index contributed by atoms with van der Waals surface area (Å²) in [5.74, 6) is -1.72. The normalized spacial score (nSPS) is 11.6. The van der Waals surface area contributed by atoms with E-state index in [0.29, 0.717) is 30.4 Å². The average Bonchev–Trinajstić information content (AvgIpc) is 2.78. The molecule has 33 heavy (non-hydrogen) atoms. The SMILES string of the molecule is CCc1ccc(NS(=O)(=O)c2ccc(F)cc2CCCCN(CC)CC)c(C(=O)O)c1OC. The Kier molecular flexibility index (Phi) is 9.67. The molecule has 0 aromatic heterocycles. The van der Waals surface area contributed by atoms with Crippen LogP contribution in [0.4, 0.5) is 10.1 Å². The number of nitrogens with zero attached hydrogens (tertiary/aromatic N) is 1. The van der Waals surface area contributed by atoms with E-state index < -0.39 is 21.8 Å². The number of hydrogen-bond donors (Lipinski definition) is 2. The number of carboxylic acid groups (broad SMARTS) is 1. The Morgan fingerprint density at radius 3 is 2.36 bits per heavy atom. The molecule has 2 rings (SSSR count). The van der Waals surface area contributed by atoms with E-state index in [1.54, 1.807) is 6.07 Å². The molecule has 7 nitrogen and oxygen atoms in total. The van der Waals surface area contributed by atoms with Crippen LogP contribution < -0.4 is 9.46 Å². The first-order valence-electron chi connectivity index (χ1n) is 11.1. The smallest absolute Gasteiger partial charge is 0.341 e. The number of aryl methyl sites for hydroxylation is 2. The minimum Gasteiger partial charge on any atom is -0.495 e. The van der Waals surface area contributed by atoms with Crippen molar-refractivity contribution in [2.24, 2.45) is 0 Å². The van der Waals surface area contributed by atoms with Crippen LogP contribution in [-0.4, -0.2) is 51.1 Å². The Bertz CT molecular complexity index is 1070. The number of carbonyl (C=O) groups is 1. The van der Waals surface area contributed by atoms with Gasteiger partial charge in [-0.15, -0.1) is 0 Å². The Hall–Kier alpha value is -2.65. The van der Waals surface area contributed by atoms with Gasteiger partial charge < -0.3 is 14.7 Å². The second kappa shape index (κ2) is 12.0. The van der Waals surface area contributed by atoms with Gasteiger partial charge in [0, 0.05) is 0 Å². The zero-order chi connectivity index (χ0) is 24.6. The summed E-state index contributed by atoms with van der Waals surface area (Å²) < 4.78 is 48.0. The van der Waals surface area contributed by atoms with Gasteiger partial charge in [-0.3, -0.25) is 4.72 Å². The van der Waals surface area contributed by atoms with Gasteiger partial charge in [0.25, 0.3) is 10.0 Å². The summed E-state index contributed by atoms with van der Waals surface area (Å²) in [5.41, 5.74) is 0.640. The number of hydrogen-bond acceptors (Lipinski definition) is 5. The van der Waals surface area contributed by atoms with Crippen molar-refractivity contribution >= 4 is 21.7 Å². The molecule has 0 saturated heterocycles. The number of carboxylic acids is 1. The van der Waals surface area contributed by atoms with Gasteiger partial charge >= 0.3 is 5.97 Å². The molecule has 0 unspecified atom stereocenters. The summed E-state index contributed by atoms with van der Waals surface area (Å²) in [6, 6.07) is 6.57. The van der Waals surface area contributed by atoms with Crippen molar-refractivity contribution in [2.45, 2.75) is 51.3 Å². The van der Waals surface area contributed by atoms with Crippen LogP contribution in [0.2, 0.25) is 0 Å². The summed E-state index contributed by atoms with van der Waals surface area (Å²) in [6.45, 7) is 8.77. The van der Waals surface area contributed by atoms with Gasteiger partial charge in [-0.25, -0.2) is 17.6 Å². The number of halogens is 1. The van der Waals surface area contributed by atoms with E-state index in [2.05, 4.69) is 23.5 Å². The number of methoxy groups -OCH3 is 1. The predicted molar refractivity (Wildman–Crippen MR) is 127 cm³/mol. The van der Waals surface area contributed by atoms with Crippen molar-refractivity contribution in [2.75, 3.05) is 31.5 Å². The van der Waals surface area contributed by atoms with Crippen molar-refractivity contribution in [3.05, 3.63) is 52.8 Å². The molecule has 0 atom stereocenters. The fourth-order valence-electron chi connectivity index (χ4n) is 3.83. The van der Waals surface area contributed by atoms with Crippen LogP contribution in [0.1, 0.15) is 55.1 Å². The Labute approximate surface area is 195 Å². The molecule has 0 radical (unpaired) electrons. The summed E-state index contributed by atoms with van der Waals surface area (Å²) in [5, 5.41) is 9.72. The number of nitrogens with one attached hydrogen (secondary N) is 1. The number of unbranched alkanes of at least 4 members (excludes halogenated alkanes) is 1. The van der Waals surface area contributed by atoms with Gasteiger partial charge in [-0.05, 0) is 80.7 Å². The van der Waals surface area contributed by atoms with Crippen LogP contribution in [0.25, 0.3) is 0 Å². The Balaban J connectivity index is 2.35. The predicted octanol–water partition coefficient (Wildman–Crippen LogP) is 4.56. The minimum atomic E-state index is -4.17. The lowest BCUT2D eigenvalue weighted by atomic mass is 10.0. The number of rotatable bonds is 13. The number of sulfonamides is 1. The molecule has 0 bridgehead atoms. The van der Waals surface area contributed by atoms with Crippen LogP contribution in [0.3, 0.4) is 0 Å². The van der Waals surface area contributed by atoms with E-state index >= 15 is 0 Å².